The summed E-state index contributed by atoms with van der Waals surface area (Å²) in [7, 11) is 0. The van der Waals surface area contributed by atoms with Crippen LogP contribution in [-0.2, 0) is 16.1 Å². The summed E-state index contributed by atoms with van der Waals surface area (Å²) in [5.41, 5.74) is 4.35. The van der Waals surface area contributed by atoms with E-state index in [1.54, 1.807) is 6.07 Å². The molecular formula is C11H12N4O4S. The fourth-order valence-corrected chi connectivity index (χ4v) is 2.02. The van der Waals surface area contributed by atoms with Crippen LogP contribution in [0.5, 0.6) is 0 Å². The van der Waals surface area contributed by atoms with E-state index in [0.717, 1.165) is 9.56 Å². The van der Waals surface area contributed by atoms with E-state index in [4.69, 9.17) is 4.42 Å². The van der Waals surface area contributed by atoms with Gasteiger partial charge in [0.25, 0.3) is 5.89 Å². The Morgan fingerprint density at radius 3 is 2.90 bits per heavy atom. The summed E-state index contributed by atoms with van der Waals surface area (Å²) in [5.74, 6) is -1.20. The van der Waals surface area contributed by atoms with Crippen LogP contribution in [0.1, 0.15) is 13.3 Å². The minimum Gasteiger partial charge on any atom is -0.387 e. The van der Waals surface area contributed by atoms with Crippen molar-refractivity contribution in [2.24, 2.45) is 0 Å². The summed E-state index contributed by atoms with van der Waals surface area (Å²) in [6.07, 6.45) is -0.00337. The lowest BCUT2D eigenvalue weighted by Crippen LogP contribution is -2.40. The molecule has 0 unspecified atom stereocenters. The first kappa shape index (κ1) is 14.0. The molecule has 2 aromatic rings. The van der Waals surface area contributed by atoms with Crippen LogP contribution < -0.4 is 16.6 Å². The molecule has 0 aliphatic carbocycles. The number of rotatable bonds is 4. The van der Waals surface area contributed by atoms with Gasteiger partial charge in [-0.25, -0.2) is 4.79 Å². The van der Waals surface area contributed by atoms with E-state index in [2.05, 4.69) is 16.0 Å². The normalized spacial score (nSPS) is 10.2. The van der Waals surface area contributed by atoms with Gasteiger partial charge in [0, 0.05) is 13.3 Å². The molecule has 2 amide bonds. The smallest absolute Gasteiger partial charge is 0.387 e. The molecular weight excluding hydrogens is 284 g/mol. The number of hydrogen-bond acceptors (Lipinski definition) is 6. The van der Waals surface area contributed by atoms with Crippen molar-refractivity contribution >= 4 is 23.2 Å². The lowest BCUT2D eigenvalue weighted by molar-refractivity contribution is -0.128. The lowest BCUT2D eigenvalue weighted by Gasteiger charge is -2.03. The summed E-state index contributed by atoms with van der Waals surface area (Å²) < 4.78 is 6.07. The van der Waals surface area contributed by atoms with Crippen LogP contribution in [0.2, 0.25) is 0 Å². The Morgan fingerprint density at radius 2 is 2.25 bits per heavy atom. The van der Waals surface area contributed by atoms with Crippen LogP contribution in [0.15, 0.2) is 26.7 Å². The van der Waals surface area contributed by atoms with Gasteiger partial charge in [-0.1, -0.05) is 6.07 Å². The van der Waals surface area contributed by atoms with Gasteiger partial charge in [0.05, 0.1) is 11.4 Å². The van der Waals surface area contributed by atoms with Gasteiger partial charge in [0.15, 0.2) is 0 Å². The maximum absolute atomic E-state index is 11.6. The van der Waals surface area contributed by atoms with Crippen LogP contribution in [0.25, 0.3) is 10.8 Å². The summed E-state index contributed by atoms with van der Waals surface area (Å²) in [4.78, 5) is 34.3. The molecule has 20 heavy (non-hydrogen) atoms. The van der Waals surface area contributed by atoms with Gasteiger partial charge >= 0.3 is 5.76 Å². The SMILES string of the molecule is CC(=O)NNC(=O)CCn1nc(-c2cccs2)oc1=O. The zero-order valence-electron chi connectivity index (χ0n) is 10.6. The highest BCUT2D eigenvalue weighted by Crippen LogP contribution is 2.20. The van der Waals surface area contributed by atoms with Crippen LogP contribution in [0, 0.1) is 0 Å². The third-order valence-corrected chi connectivity index (χ3v) is 3.12. The Bertz CT molecular complexity index is 658. The van der Waals surface area contributed by atoms with Crippen LogP contribution in [0.4, 0.5) is 0 Å². The molecule has 0 fully saturated rings. The molecule has 106 valence electrons. The molecule has 9 heteroatoms. The summed E-state index contributed by atoms with van der Waals surface area (Å²) >= 11 is 1.40. The van der Waals surface area contributed by atoms with Gasteiger partial charge in [0.1, 0.15) is 0 Å². The summed E-state index contributed by atoms with van der Waals surface area (Å²) in [5, 5.41) is 5.84. The first-order valence-electron chi connectivity index (χ1n) is 5.73. The van der Waals surface area contributed by atoms with Crippen molar-refractivity contribution in [2.45, 2.75) is 19.9 Å². The van der Waals surface area contributed by atoms with Crippen molar-refractivity contribution in [1.82, 2.24) is 20.6 Å². The van der Waals surface area contributed by atoms with E-state index in [0.29, 0.717) is 0 Å². The average molecular weight is 296 g/mol. The first-order chi connectivity index (χ1) is 9.56. The van der Waals surface area contributed by atoms with E-state index in [1.807, 2.05) is 11.4 Å². The highest BCUT2D eigenvalue weighted by Gasteiger charge is 2.12. The van der Waals surface area contributed by atoms with Crippen molar-refractivity contribution in [2.75, 3.05) is 0 Å². The number of aryl methyl sites for hydroxylation is 1. The van der Waals surface area contributed by atoms with Crippen LogP contribution >= 0.6 is 11.3 Å². The van der Waals surface area contributed by atoms with Gasteiger partial charge in [-0.15, -0.1) is 16.4 Å². The van der Waals surface area contributed by atoms with E-state index < -0.39 is 11.7 Å². The van der Waals surface area contributed by atoms with Crippen molar-refractivity contribution in [3.8, 4) is 10.8 Å². The quantitative estimate of drug-likeness (QED) is 0.780. The molecule has 0 aliphatic rings. The number of hydrogen-bond donors (Lipinski definition) is 2. The molecule has 2 aromatic heterocycles. The maximum atomic E-state index is 11.6. The predicted molar refractivity (Wildman–Crippen MR) is 70.7 cm³/mol. The zero-order chi connectivity index (χ0) is 14.5. The van der Waals surface area contributed by atoms with Gasteiger partial charge in [-0.05, 0) is 11.4 Å². The van der Waals surface area contributed by atoms with Crippen LogP contribution in [-0.4, -0.2) is 21.6 Å². The van der Waals surface area contributed by atoms with Crippen molar-refractivity contribution in [1.29, 1.82) is 0 Å². The standard InChI is InChI=1S/C11H12N4O4S/c1-7(16)12-13-9(17)4-5-15-11(18)19-10(14-15)8-3-2-6-20-8/h2-3,6H,4-5H2,1H3,(H,12,16)(H,13,17). The minimum atomic E-state index is -0.624. The molecule has 0 saturated carbocycles. The molecule has 2 N–H and O–H groups in total. The van der Waals surface area contributed by atoms with Crippen molar-refractivity contribution < 1.29 is 14.0 Å². The number of aromatic nitrogens is 2. The molecule has 0 atom stereocenters. The average Bonchev–Trinajstić information content (AvgIpc) is 3.03. The van der Waals surface area contributed by atoms with E-state index >= 15 is 0 Å². The molecule has 2 heterocycles. The minimum absolute atomic E-state index is 0.00337. The third kappa shape index (κ3) is 3.54. The Kier molecular flexibility index (Phi) is 4.31. The Hall–Kier alpha value is -2.42. The molecule has 8 nitrogen and oxygen atoms in total. The summed E-state index contributed by atoms with van der Waals surface area (Å²) in [6.45, 7) is 1.34. The number of nitrogens with zero attached hydrogens (tertiary/aromatic N) is 2. The Balaban J connectivity index is 1.95. The third-order valence-electron chi connectivity index (χ3n) is 2.27. The fraction of sp³-hybridized carbons (Fsp3) is 0.273. The Morgan fingerprint density at radius 1 is 1.45 bits per heavy atom. The number of carbonyl (C=O) groups excluding carboxylic acids is 2. The zero-order valence-corrected chi connectivity index (χ0v) is 11.4. The largest absolute Gasteiger partial charge is 0.437 e. The van der Waals surface area contributed by atoms with Gasteiger partial charge < -0.3 is 4.42 Å². The maximum Gasteiger partial charge on any atom is 0.437 e. The second-order valence-corrected chi connectivity index (χ2v) is 4.80. The lowest BCUT2D eigenvalue weighted by atomic mass is 10.4. The van der Waals surface area contributed by atoms with Gasteiger partial charge in [-0.3, -0.25) is 20.4 Å². The topological polar surface area (TPSA) is 106 Å². The molecule has 0 spiro atoms. The van der Waals surface area contributed by atoms with Gasteiger partial charge in [-0.2, -0.15) is 4.68 Å². The molecule has 0 bridgehead atoms. The van der Waals surface area contributed by atoms with E-state index in [1.165, 1.54) is 18.3 Å². The Labute approximate surface area is 117 Å². The molecule has 0 aromatic carbocycles. The predicted octanol–water partition coefficient (Wildman–Crippen LogP) is 0.122. The number of nitrogens with one attached hydrogen (secondary N) is 2. The fourth-order valence-electron chi connectivity index (χ4n) is 1.38. The van der Waals surface area contributed by atoms with E-state index in [-0.39, 0.29) is 24.8 Å². The van der Waals surface area contributed by atoms with Crippen molar-refractivity contribution in [3.63, 3.8) is 0 Å². The molecule has 0 saturated heterocycles. The van der Waals surface area contributed by atoms with Gasteiger partial charge in [0.2, 0.25) is 11.8 Å². The monoisotopic (exact) mass is 296 g/mol. The number of thiophene rings is 1. The number of carbonyl (C=O) groups is 2. The molecule has 0 aliphatic heterocycles. The first-order valence-corrected chi connectivity index (χ1v) is 6.61. The highest BCUT2D eigenvalue weighted by molar-refractivity contribution is 7.13. The molecule has 2 rings (SSSR count). The second-order valence-electron chi connectivity index (χ2n) is 3.85. The number of amides is 2. The van der Waals surface area contributed by atoms with Crippen LogP contribution in [0.3, 0.4) is 0 Å². The number of hydrazine groups is 1. The second kappa shape index (κ2) is 6.15. The highest BCUT2D eigenvalue weighted by atomic mass is 32.1. The van der Waals surface area contributed by atoms with E-state index in [9.17, 15) is 14.4 Å². The summed E-state index contributed by atoms with van der Waals surface area (Å²) in [6, 6.07) is 3.60. The molecule has 0 radical (unpaired) electrons. The van der Waals surface area contributed by atoms with Crippen molar-refractivity contribution in [3.05, 3.63) is 28.1 Å².